The normalized spacial score (nSPS) is 14.2. The molecular formula is C20H22ClNO4S. The van der Waals surface area contributed by atoms with Crippen molar-refractivity contribution in [2.45, 2.75) is 44.5 Å². The van der Waals surface area contributed by atoms with E-state index in [4.69, 9.17) is 15.8 Å². The molecule has 0 spiro atoms. The molecule has 0 N–H and O–H groups in total. The van der Waals surface area contributed by atoms with Crippen molar-refractivity contribution < 1.29 is 17.4 Å². The molecular weight excluding hydrogens is 386 g/mol. The number of benzene rings is 2. The quantitative estimate of drug-likeness (QED) is 0.643. The summed E-state index contributed by atoms with van der Waals surface area (Å²) in [5.74, 6) is 0.175. The number of nitrogens with zero attached hydrogens (tertiary/aromatic N) is 1. The van der Waals surface area contributed by atoms with Crippen LogP contribution in [-0.2, 0) is 16.7 Å². The van der Waals surface area contributed by atoms with Crippen molar-refractivity contribution in [1.29, 1.82) is 0 Å². The molecule has 0 heterocycles. The van der Waals surface area contributed by atoms with E-state index in [0.29, 0.717) is 17.1 Å². The number of halogens is 1. The zero-order valence-corrected chi connectivity index (χ0v) is 16.8. The topological polar surface area (TPSA) is 63.7 Å². The third kappa shape index (κ3) is 4.82. The summed E-state index contributed by atoms with van der Waals surface area (Å²) in [6.07, 6.45) is 1.95. The Hall–Kier alpha value is -2.05. The number of amides is 1. The fraction of sp³-hybridized carbons (Fsp3) is 0.350. The van der Waals surface area contributed by atoms with Crippen molar-refractivity contribution in [2.75, 3.05) is 0 Å². The maximum absolute atomic E-state index is 12.9. The molecule has 0 bridgehead atoms. The molecule has 3 rings (SSSR count). The van der Waals surface area contributed by atoms with Gasteiger partial charge in [0, 0.05) is 12.6 Å². The molecule has 1 fully saturated rings. The van der Waals surface area contributed by atoms with E-state index >= 15 is 0 Å². The molecule has 5 nitrogen and oxygen atoms in total. The lowest BCUT2D eigenvalue weighted by Crippen LogP contribution is -2.32. The summed E-state index contributed by atoms with van der Waals surface area (Å²) in [4.78, 5) is 14.7. The van der Waals surface area contributed by atoms with Gasteiger partial charge in [0.15, 0.2) is 0 Å². The molecule has 1 amide bonds. The van der Waals surface area contributed by atoms with Crippen LogP contribution in [0.25, 0.3) is 0 Å². The minimum atomic E-state index is -3.62. The molecule has 0 atom stereocenters. The Morgan fingerprint density at radius 3 is 2.33 bits per heavy atom. The van der Waals surface area contributed by atoms with E-state index in [9.17, 15) is 13.2 Å². The second kappa shape index (κ2) is 7.90. The summed E-state index contributed by atoms with van der Waals surface area (Å²) in [6.45, 7) is 3.57. The second-order valence-electron chi connectivity index (χ2n) is 6.91. The number of carbonyl (C=O) groups is 1. The van der Waals surface area contributed by atoms with Gasteiger partial charge in [0.05, 0.1) is 15.8 Å². The van der Waals surface area contributed by atoms with Crippen LogP contribution in [0.4, 0.5) is 0 Å². The number of carbonyl (C=O) groups excluding carboxylic acids is 1. The monoisotopic (exact) mass is 407 g/mol. The van der Waals surface area contributed by atoms with Gasteiger partial charge in [-0.3, -0.25) is 4.79 Å². The van der Waals surface area contributed by atoms with Crippen molar-refractivity contribution in [3.05, 3.63) is 64.7 Å². The highest BCUT2D eigenvalue weighted by Crippen LogP contribution is 2.31. The van der Waals surface area contributed by atoms with Crippen LogP contribution in [0.3, 0.4) is 0 Å². The first kappa shape index (κ1) is 19.7. The molecule has 0 saturated heterocycles. The van der Waals surface area contributed by atoms with Crippen LogP contribution in [0, 0.1) is 0 Å². The average molecular weight is 408 g/mol. The van der Waals surface area contributed by atoms with Crippen molar-refractivity contribution in [2.24, 2.45) is 0 Å². The largest absolute Gasteiger partial charge is 0.382 e. The molecule has 2 aromatic carbocycles. The summed E-state index contributed by atoms with van der Waals surface area (Å²) >= 11 is 6.18. The fourth-order valence-corrected chi connectivity index (χ4v) is 3.41. The Bertz CT molecular complexity index is 921. The van der Waals surface area contributed by atoms with E-state index in [2.05, 4.69) is 0 Å². The molecule has 0 radical (unpaired) electrons. The van der Waals surface area contributed by atoms with E-state index in [1.807, 2.05) is 4.90 Å². The standard InChI is InChI=1S/C20H22ClNO4S/c1-14(2)27(24,25)26-17-11-7-15(8-12-17)13-22(16-9-10-16)20(23)18-5-3-4-6-19(18)21/h3-8,11-12,14,16H,9-10,13H2,1-2H3. The molecule has 0 aliphatic heterocycles. The lowest BCUT2D eigenvalue weighted by molar-refractivity contribution is 0.0730. The van der Waals surface area contributed by atoms with Crippen LogP contribution >= 0.6 is 11.6 Å². The lowest BCUT2D eigenvalue weighted by Gasteiger charge is -2.23. The molecule has 1 saturated carbocycles. The highest BCUT2D eigenvalue weighted by atomic mass is 35.5. The smallest absolute Gasteiger partial charge is 0.311 e. The molecule has 1 aliphatic carbocycles. The highest BCUT2D eigenvalue weighted by Gasteiger charge is 2.33. The van der Waals surface area contributed by atoms with Gasteiger partial charge in [-0.15, -0.1) is 0 Å². The number of hydrogen-bond acceptors (Lipinski definition) is 4. The maximum Gasteiger partial charge on any atom is 0.311 e. The minimum absolute atomic E-state index is 0.0918. The van der Waals surface area contributed by atoms with E-state index in [1.54, 1.807) is 62.4 Å². The van der Waals surface area contributed by atoms with Gasteiger partial charge < -0.3 is 9.08 Å². The SMILES string of the molecule is CC(C)S(=O)(=O)Oc1ccc(CN(C(=O)c2ccccc2Cl)C2CC2)cc1. The van der Waals surface area contributed by atoms with E-state index in [-0.39, 0.29) is 17.7 Å². The first-order valence-electron chi connectivity index (χ1n) is 8.85. The van der Waals surface area contributed by atoms with Crippen molar-refractivity contribution in [3.8, 4) is 5.75 Å². The van der Waals surface area contributed by atoms with E-state index in [1.165, 1.54) is 0 Å². The van der Waals surface area contributed by atoms with Crippen LogP contribution in [0.1, 0.15) is 42.6 Å². The zero-order valence-electron chi connectivity index (χ0n) is 15.3. The van der Waals surface area contributed by atoms with Crippen LogP contribution in [0.15, 0.2) is 48.5 Å². The van der Waals surface area contributed by atoms with Gasteiger partial charge in [-0.05, 0) is 56.5 Å². The van der Waals surface area contributed by atoms with Crippen LogP contribution < -0.4 is 4.18 Å². The molecule has 1 aliphatic rings. The Morgan fingerprint density at radius 2 is 1.78 bits per heavy atom. The predicted molar refractivity (Wildman–Crippen MR) is 105 cm³/mol. The lowest BCUT2D eigenvalue weighted by atomic mass is 10.1. The molecule has 144 valence electrons. The highest BCUT2D eigenvalue weighted by molar-refractivity contribution is 7.87. The number of rotatable bonds is 7. The molecule has 7 heteroatoms. The van der Waals surface area contributed by atoms with Crippen LogP contribution in [0.2, 0.25) is 5.02 Å². The summed E-state index contributed by atoms with van der Waals surface area (Å²) < 4.78 is 28.8. The molecule has 0 unspecified atom stereocenters. The molecule has 2 aromatic rings. The van der Waals surface area contributed by atoms with Gasteiger partial charge in [0.25, 0.3) is 5.91 Å². The Balaban J connectivity index is 1.74. The first-order chi connectivity index (χ1) is 12.8. The van der Waals surface area contributed by atoms with Gasteiger partial charge in [-0.2, -0.15) is 8.42 Å². The third-order valence-electron chi connectivity index (χ3n) is 4.42. The van der Waals surface area contributed by atoms with Crippen LogP contribution in [-0.4, -0.2) is 30.5 Å². The van der Waals surface area contributed by atoms with Gasteiger partial charge in [-0.1, -0.05) is 35.9 Å². The van der Waals surface area contributed by atoms with E-state index < -0.39 is 15.4 Å². The third-order valence-corrected chi connectivity index (χ3v) is 6.33. The van der Waals surface area contributed by atoms with Gasteiger partial charge in [0.1, 0.15) is 5.75 Å². The fourth-order valence-electron chi connectivity index (χ4n) is 2.62. The van der Waals surface area contributed by atoms with Gasteiger partial charge in [0.2, 0.25) is 0 Å². The van der Waals surface area contributed by atoms with Crippen LogP contribution in [0.5, 0.6) is 5.75 Å². The molecule has 27 heavy (non-hydrogen) atoms. The summed E-state index contributed by atoms with van der Waals surface area (Å²) in [6, 6.07) is 14.0. The Kier molecular flexibility index (Phi) is 5.77. The van der Waals surface area contributed by atoms with E-state index in [0.717, 1.165) is 18.4 Å². The van der Waals surface area contributed by atoms with Crippen molar-refractivity contribution in [1.82, 2.24) is 4.90 Å². The van der Waals surface area contributed by atoms with Gasteiger partial charge in [-0.25, -0.2) is 0 Å². The molecule has 0 aromatic heterocycles. The second-order valence-corrected chi connectivity index (χ2v) is 9.42. The minimum Gasteiger partial charge on any atom is -0.382 e. The van der Waals surface area contributed by atoms with Crippen molar-refractivity contribution >= 4 is 27.6 Å². The summed E-state index contributed by atoms with van der Waals surface area (Å²) in [5, 5.41) is -0.174. The van der Waals surface area contributed by atoms with Crippen molar-refractivity contribution in [3.63, 3.8) is 0 Å². The Labute approximate surface area is 165 Å². The summed E-state index contributed by atoms with van der Waals surface area (Å²) in [5.41, 5.74) is 1.39. The zero-order chi connectivity index (χ0) is 19.6. The van der Waals surface area contributed by atoms with Gasteiger partial charge >= 0.3 is 10.1 Å². The predicted octanol–water partition coefficient (Wildman–Crippen LogP) is 4.26. The maximum atomic E-state index is 12.9. The number of hydrogen-bond donors (Lipinski definition) is 0. The summed E-state index contributed by atoms with van der Waals surface area (Å²) in [7, 11) is -3.62. The first-order valence-corrected chi connectivity index (χ1v) is 10.7. The average Bonchev–Trinajstić information content (AvgIpc) is 3.45. The Morgan fingerprint density at radius 1 is 1.15 bits per heavy atom.